The zero-order valence-corrected chi connectivity index (χ0v) is 12.3. The van der Waals surface area contributed by atoms with Crippen LogP contribution in [0.3, 0.4) is 0 Å². The van der Waals surface area contributed by atoms with E-state index in [2.05, 4.69) is 9.97 Å². The highest BCUT2D eigenvalue weighted by molar-refractivity contribution is 6.30. The first-order valence-electron chi connectivity index (χ1n) is 6.16. The second-order valence-corrected chi connectivity index (χ2v) is 4.92. The molecule has 0 saturated carbocycles. The Kier molecular flexibility index (Phi) is 4.76. The lowest BCUT2D eigenvalue weighted by Gasteiger charge is -2.19. The van der Waals surface area contributed by atoms with Gasteiger partial charge in [-0.3, -0.25) is 0 Å². The van der Waals surface area contributed by atoms with Gasteiger partial charge >= 0.3 is 0 Å². The van der Waals surface area contributed by atoms with E-state index in [1.54, 1.807) is 13.2 Å². The molecule has 0 fully saturated rings. The van der Waals surface area contributed by atoms with Crippen LogP contribution < -0.4 is 10.6 Å². The number of methoxy groups -OCH3 is 1. The number of halogens is 1. The first kappa shape index (κ1) is 14.6. The molecule has 0 saturated heterocycles. The van der Waals surface area contributed by atoms with Gasteiger partial charge in [0.25, 0.3) is 0 Å². The number of ether oxygens (including phenoxy) is 1. The third kappa shape index (κ3) is 3.82. The molecule has 106 valence electrons. The van der Waals surface area contributed by atoms with E-state index in [0.717, 1.165) is 16.4 Å². The van der Waals surface area contributed by atoms with Crippen molar-refractivity contribution in [3.05, 3.63) is 46.7 Å². The van der Waals surface area contributed by atoms with Crippen molar-refractivity contribution in [2.24, 2.45) is 0 Å². The summed E-state index contributed by atoms with van der Waals surface area (Å²) >= 11 is 5.88. The minimum absolute atomic E-state index is 0.340. The molecule has 1 aromatic carbocycles. The predicted octanol–water partition coefficient (Wildman–Crippen LogP) is 2.50. The van der Waals surface area contributed by atoms with E-state index in [0.29, 0.717) is 24.8 Å². The fourth-order valence-electron chi connectivity index (χ4n) is 1.84. The molecule has 2 aromatic rings. The Morgan fingerprint density at radius 1 is 1.25 bits per heavy atom. The number of anilines is 2. The lowest BCUT2D eigenvalue weighted by Crippen LogP contribution is -2.19. The molecule has 0 aliphatic carbocycles. The molecule has 0 amide bonds. The zero-order valence-electron chi connectivity index (χ0n) is 11.5. The van der Waals surface area contributed by atoms with Gasteiger partial charge in [0.15, 0.2) is 5.82 Å². The van der Waals surface area contributed by atoms with Crippen LogP contribution >= 0.6 is 11.6 Å². The van der Waals surface area contributed by atoms with E-state index < -0.39 is 0 Å². The van der Waals surface area contributed by atoms with E-state index in [1.165, 1.54) is 0 Å². The van der Waals surface area contributed by atoms with Crippen molar-refractivity contribution >= 4 is 23.2 Å². The van der Waals surface area contributed by atoms with Gasteiger partial charge in [-0.25, -0.2) is 9.97 Å². The number of benzene rings is 1. The Morgan fingerprint density at radius 2 is 1.95 bits per heavy atom. The van der Waals surface area contributed by atoms with Gasteiger partial charge in [-0.05, 0) is 17.7 Å². The van der Waals surface area contributed by atoms with Gasteiger partial charge in [0.2, 0.25) is 0 Å². The summed E-state index contributed by atoms with van der Waals surface area (Å²) in [7, 11) is 3.55. The fraction of sp³-hybridized carbons (Fsp3) is 0.286. The molecular formula is C14H17ClN4O. The van der Waals surface area contributed by atoms with Crippen molar-refractivity contribution in [2.75, 3.05) is 24.8 Å². The summed E-state index contributed by atoms with van der Waals surface area (Å²) in [5.74, 6) is 1.77. The molecule has 0 aliphatic rings. The molecule has 0 bridgehead atoms. The number of nitrogens with two attached hydrogens (primary N) is 1. The maximum atomic E-state index is 5.88. The van der Waals surface area contributed by atoms with Gasteiger partial charge in [-0.1, -0.05) is 23.7 Å². The van der Waals surface area contributed by atoms with Crippen molar-refractivity contribution in [1.82, 2.24) is 9.97 Å². The molecule has 6 heteroatoms. The molecule has 2 N–H and O–H groups in total. The van der Waals surface area contributed by atoms with Crippen LogP contribution in [0.15, 0.2) is 30.3 Å². The normalized spacial score (nSPS) is 10.6. The van der Waals surface area contributed by atoms with Crippen molar-refractivity contribution in [3.8, 4) is 0 Å². The number of hydrogen-bond donors (Lipinski definition) is 1. The molecule has 1 heterocycles. The van der Waals surface area contributed by atoms with Gasteiger partial charge < -0.3 is 15.4 Å². The minimum Gasteiger partial charge on any atom is -0.384 e. The Balaban J connectivity index is 2.15. The topological polar surface area (TPSA) is 64.3 Å². The summed E-state index contributed by atoms with van der Waals surface area (Å²) in [5.41, 5.74) is 6.93. The number of rotatable bonds is 5. The number of hydrogen-bond acceptors (Lipinski definition) is 5. The number of nitrogen functional groups attached to an aromatic ring is 1. The van der Waals surface area contributed by atoms with Gasteiger partial charge in [0, 0.05) is 31.8 Å². The average Bonchev–Trinajstić information content (AvgIpc) is 2.41. The molecule has 1 aromatic heterocycles. The van der Waals surface area contributed by atoms with Crippen molar-refractivity contribution in [3.63, 3.8) is 0 Å². The van der Waals surface area contributed by atoms with E-state index in [1.807, 2.05) is 36.2 Å². The van der Waals surface area contributed by atoms with Gasteiger partial charge in [0.1, 0.15) is 18.2 Å². The van der Waals surface area contributed by atoms with Crippen LogP contribution in [0.4, 0.5) is 11.6 Å². The summed E-state index contributed by atoms with van der Waals surface area (Å²) < 4.78 is 5.04. The average molecular weight is 293 g/mol. The van der Waals surface area contributed by atoms with Crippen molar-refractivity contribution < 1.29 is 4.74 Å². The second kappa shape index (κ2) is 6.54. The van der Waals surface area contributed by atoms with E-state index in [4.69, 9.17) is 22.1 Å². The van der Waals surface area contributed by atoms with Crippen molar-refractivity contribution in [1.29, 1.82) is 0 Å². The van der Waals surface area contributed by atoms with E-state index in [-0.39, 0.29) is 0 Å². The quantitative estimate of drug-likeness (QED) is 0.917. The summed E-state index contributed by atoms with van der Waals surface area (Å²) in [5, 5.41) is 0.727. The Labute approximate surface area is 123 Å². The summed E-state index contributed by atoms with van der Waals surface area (Å²) in [6.07, 6.45) is 0. The smallest absolute Gasteiger partial charge is 0.158 e. The molecular weight excluding hydrogens is 276 g/mol. The first-order chi connectivity index (χ1) is 9.58. The third-order valence-electron chi connectivity index (χ3n) is 2.78. The van der Waals surface area contributed by atoms with Gasteiger partial charge in [0.05, 0.1) is 0 Å². The molecule has 0 atom stereocenters. The highest BCUT2D eigenvalue weighted by Gasteiger charge is 2.08. The highest BCUT2D eigenvalue weighted by atomic mass is 35.5. The van der Waals surface area contributed by atoms with Crippen LogP contribution in [0, 0.1) is 0 Å². The number of nitrogens with zero attached hydrogens (tertiary/aromatic N) is 3. The predicted molar refractivity (Wildman–Crippen MR) is 80.7 cm³/mol. The minimum atomic E-state index is 0.340. The van der Waals surface area contributed by atoms with Gasteiger partial charge in [-0.2, -0.15) is 0 Å². The maximum absolute atomic E-state index is 5.88. The fourth-order valence-corrected chi connectivity index (χ4v) is 1.96. The van der Waals surface area contributed by atoms with Crippen LogP contribution in [0.5, 0.6) is 0 Å². The monoisotopic (exact) mass is 292 g/mol. The lowest BCUT2D eigenvalue weighted by atomic mass is 10.2. The zero-order chi connectivity index (χ0) is 14.5. The SMILES string of the molecule is COCc1nc(N)cc(N(C)Cc2ccc(Cl)cc2)n1. The standard InChI is InChI=1S/C14H17ClN4O/c1-19(8-10-3-5-11(15)6-4-10)14-7-12(16)17-13(18-14)9-20-2/h3-7H,8-9H2,1-2H3,(H2,16,17,18). The van der Waals surface area contributed by atoms with E-state index in [9.17, 15) is 0 Å². The molecule has 0 spiro atoms. The number of aromatic nitrogens is 2. The summed E-state index contributed by atoms with van der Waals surface area (Å²) in [4.78, 5) is 10.5. The molecule has 0 radical (unpaired) electrons. The van der Waals surface area contributed by atoms with Gasteiger partial charge in [-0.15, -0.1) is 0 Å². The maximum Gasteiger partial charge on any atom is 0.158 e. The molecule has 2 rings (SSSR count). The first-order valence-corrected chi connectivity index (χ1v) is 6.54. The Hall–Kier alpha value is -1.85. The Morgan fingerprint density at radius 3 is 2.60 bits per heavy atom. The lowest BCUT2D eigenvalue weighted by molar-refractivity contribution is 0.178. The third-order valence-corrected chi connectivity index (χ3v) is 3.03. The van der Waals surface area contributed by atoms with E-state index >= 15 is 0 Å². The van der Waals surface area contributed by atoms with Crippen LogP contribution in [-0.4, -0.2) is 24.1 Å². The second-order valence-electron chi connectivity index (χ2n) is 4.48. The molecule has 0 unspecified atom stereocenters. The molecule has 20 heavy (non-hydrogen) atoms. The Bertz CT molecular complexity index is 574. The van der Waals surface area contributed by atoms with Crippen LogP contribution in [0.25, 0.3) is 0 Å². The van der Waals surface area contributed by atoms with Crippen LogP contribution in [0.1, 0.15) is 11.4 Å². The molecule has 0 aliphatic heterocycles. The summed E-state index contributed by atoms with van der Waals surface area (Å²) in [6.45, 7) is 1.05. The largest absolute Gasteiger partial charge is 0.384 e. The highest BCUT2D eigenvalue weighted by Crippen LogP contribution is 2.17. The van der Waals surface area contributed by atoms with Crippen LogP contribution in [-0.2, 0) is 17.9 Å². The molecule has 5 nitrogen and oxygen atoms in total. The van der Waals surface area contributed by atoms with Crippen LogP contribution in [0.2, 0.25) is 5.02 Å². The van der Waals surface area contributed by atoms with Crippen molar-refractivity contribution in [2.45, 2.75) is 13.2 Å². The summed E-state index contributed by atoms with van der Waals surface area (Å²) in [6, 6.07) is 9.46.